The van der Waals surface area contributed by atoms with E-state index in [0.717, 1.165) is 24.0 Å². The summed E-state index contributed by atoms with van der Waals surface area (Å²) in [6.07, 6.45) is 0. The number of benzene rings is 1. The van der Waals surface area contributed by atoms with E-state index < -0.39 is 5.97 Å². The van der Waals surface area contributed by atoms with Crippen LogP contribution in [0.25, 0.3) is 0 Å². The Morgan fingerprint density at radius 1 is 1.30 bits per heavy atom. The molecular formula is C12H9Br3N2O2S. The Morgan fingerprint density at radius 3 is 2.45 bits per heavy atom. The van der Waals surface area contributed by atoms with Crippen molar-refractivity contribution in [2.24, 2.45) is 0 Å². The fourth-order valence-corrected chi connectivity index (χ4v) is 4.77. The summed E-state index contributed by atoms with van der Waals surface area (Å²) in [7, 11) is 1.34. The molecule has 2 aromatic rings. The van der Waals surface area contributed by atoms with Crippen LogP contribution in [-0.2, 0) is 4.74 Å². The van der Waals surface area contributed by atoms with E-state index in [4.69, 9.17) is 4.74 Å². The molecule has 0 saturated heterocycles. The molecule has 0 aliphatic carbocycles. The molecule has 0 aliphatic rings. The van der Waals surface area contributed by atoms with Gasteiger partial charge < -0.3 is 10.1 Å². The summed E-state index contributed by atoms with van der Waals surface area (Å²) in [5, 5.41) is 3.82. The van der Waals surface area contributed by atoms with Gasteiger partial charge >= 0.3 is 5.97 Å². The molecule has 0 bridgehead atoms. The molecule has 0 spiro atoms. The molecular weight excluding hydrogens is 476 g/mol. The number of rotatable bonds is 3. The number of thiazole rings is 1. The molecule has 2 rings (SSSR count). The third-order valence-corrected chi connectivity index (χ3v) is 5.01. The zero-order valence-corrected chi connectivity index (χ0v) is 16.0. The summed E-state index contributed by atoms with van der Waals surface area (Å²) < 4.78 is 7.41. The van der Waals surface area contributed by atoms with Crippen LogP contribution in [0.3, 0.4) is 0 Å². The van der Waals surface area contributed by atoms with Gasteiger partial charge in [-0.05, 0) is 50.9 Å². The number of anilines is 2. The molecule has 8 heteroatoms. The van der Waals surface area contributed by atoms with Crippen molar-refractivity contribution < 1.29 is 9.53 Å². The number of hydrogen-bond donors (Lipinski definition) is 1. The molecule has 0 aliphatic heterocycles. The van der Waals surface area contributed by atoms with E-state index in [2.05, 4.69) is 58.1 Å². The predicted octanol–water partition coefficient (Wildman–Crippen LogP) is 5.27. The fourth-order valence-electron chi connectivity index (χ4n) is 1.50. The summed E-state index contributed by atoms with van der Waals surface area (Å²) in [4.78, 5) is 16.6. The number of esters is 1. The number of nitrogens with one attached hydrogen (secondary N) is 1. The van der Waals surface area contributed by atoms with Gasteiger partial charge in [-0.3, -0.25) is 0 Å². The number of aryl methyl sites for hydroxylation is 1. The van der Waals surface area contributed by atoms with Crippen molar-refractivity contribution in [1.82, 2.24) is 4.98 Å². The van der Waals surface area contributed by atoms with Crippen LogP contribution in [0.1, 0.15) is 15.4 Å². The van der Waals surface area contributed by atoms with Gasteiger partial charge in [0.2, 0.25) is 0 Å². The Bertz CT molecular complexity index is 650. The van der Waals surface area contributed by atoms with Gasteiger partial charge in [0.05, 0.1) is 12.8 Å². The number of halogens is 3. The van der Waals surface area contributed by atoms with Crippen LogP contribution in [0.2, 0.25) is 0 Å². The maximum atomic E-state index is 11.5. The first-order valence-corrected chi connectivity index (χ1v) is 8.59. The van der Waals surface area contributed by atoms with E-state index in [1.54, 1.807) is 0 Å². The largest absolute Gasteiger partial charge is 0.464 e. The van der Waals surface area contributed by atoms with E-state index in [1.165, 1.54) is 18.4 Å². The molecule has 0 amide bonds. The van der Waals surface area contributed by atoms with Crippen molar-refractivity contribution in [3.05, 3.63) is 36.1 Å². The van der Waals surface area contributed by atoms with E-state index in [9.17, 15) is 4.79 Å². The van der Waals surface area contributed by atoms with Gasteiger partial charge in [-0.25, -0.2) is 9.78 Å². The topological polar surface area (TPSA) is 51.2 Å². The van der Waals surface area contributed by atoms with Crippen LogP contribution in [0, 0.1) is 6.92 Å². The summed E-state index contributed by atoms with van der Waals surface area (Å²) in [5.74, 6) is -0.430. The fraction of sp³-hybridized carbons (Fsp3) is 0.167. The first-order chi connectivity index (χ1) is 9.42. The van der Waals surface area contributed by atoms with Gasteiger partial charge in [0, 0.05) is 18.3 Å². The maximum Gasteiger partial charge on any atom is 0.357 e. The van der Waals surface area contributed by atoms with E-state index in [-0.39, 0.29) is 0 Å². The third-order valence-electron chi connectivity index (χ3n) is 2.41. The van der Waals surface area contributed by atoms with E-state index >= 15 is 0 Å². The van der Waals surface area contributed by atoms with Crippen LogP contribution >= 0.6 is 59.1 Å². The Balaban J connectivity index is 2.34. The van der Waals surface area contributed by atoms with Crippen molar-refractivity contribution in [1.29, 1.82) is 0 Å². The molecule has 1 aromatic heterocycles. The summed E-state index contributed by atoms with van der Waals surface area (Å²) in [6, 6.07) is 3.85. The van der Waals surface area contributed by atoms with Crippen LogP contribution in [-0.4, -0.2) is 18.1 Å². The summed E-state index contributed by atoms with van der Waals surface area (Å²) in [5.41, 5.74) is 1.18. The van der Waals surface area contributed by atoms with Gasteiger partial charge in [0.25, 0.3) is 0 Å². The van der Waals surface area contributed by atoms with Gasteiger partial charge in [-0.2, -0.15) is 0 Å². The normalized spacial score (nSPS) is 10.4. The number of carbonyl (C=O) groups excluding carboxylic acids is 1. The molecule has 1 N–H and O–H groups in total. The minimum atomic E-state index is -0.430. The quantitative estimate of drug-likeness (QED) is 0.603. The van der Waals surface area contributed by atoms with Crippen molar-refractivity contribution in [2.75, 3.05) is 12.4 Å². The second-order valence-corrected chi connectivity index (χ2v) is 7.61. The molecule has 0 saturated carbocycles. The number of carbonyl (C=O) groups is 1. The Hall–Kier alpha value is -0.440. The second kappa shape index (κ2) is 6.55. The molecule has 1 heterocycles. The first-order valence-electron chi connectivity index (χ1n) is 5.39. The van der Waals surface area contributed by atoms with Gasteiger partial charge in [0.15, 0.2) is 10.8 Å². The Kier molecular flexibility index (Phi) is 5.22. The molecule has 4 nitrogen and oxygen atoms in total. The van der Waals surface area contributed by atoms with Crippen LogP contribution in [0.15, 0.2) is 25.6 Å². The van der Waals surface area contributed by atoms with Crippen LogP contribution < -0.4 is 5.32 Å². The number of methoxy groups -OCH3 is 1. The van der Waals surface area contributed by atoms with E-state index in [1.807, 2.05) is 19.1 Å². The third kappa shape index (κ3) is 3.41. The summed E-state index contributed by atoms with van der Waals surface area (Å²) >= 11 is 11.8. The van der Waals surface area contributed by atoms with Crippen molar-refractivity contribution in [2.45, 2.75) is 6.92 Å². The lowest BCUT2D eigenvalue weighted by Gasteiger charge is -2.08. The lowest BCUT2D eigenvalue weighted by atomic mass is 10.3. The highest BCUT2D eigenvalue weighted by Gasteiger charge is 2.17. The standard InChI is InChI=1S/C12H9Br3N2O2S/c1-5-9(11(18)19-2)16-12(20-5)17-10-7(14)3-6(13)4-8(10)15/h3-4H,1-2H3,(H,16,17). The number of hydrogen-bond acceptors (Lipinski definition) is 5. The summed E-state index contributed by atoms with van der Waals surface area (Å²) in [6.45, 7) is 1.83. The molecule has 0 radical (unpaired) electrons. The highest BCUT2D eigenvalue weighted by atomic mass is 79.9. The van der Waals surface area contributed by atoms with Crippen molar-refractivity contribution in [3.63, 3.8) is 0 Å². The first kappa shape index (κ1) is 15.9. The smallest absolute Gasteiger partial charge is 0.357 e. The molecule has 106 valence electrons. The van der Waals surface area contributed by atoms with Crippen LogP contribution in [0.5, 0.6) is 0 Å². The molecule has 1 aromatic carbocycles. The van der Waals surface area contributed by atoms with Gasteiger partial charge in [-0.15, -0.1) is 11.3 Å². The van der Waals surface area contributed by atoms with Crippen LogP contribution in [0.4, 0.5) is 10.8 Å². The molecule has 0 fully saturated rings. The monoisotopic (exact) mass is 482 g/mol. The van der Waals surface area contributed by atoms with Crippen molar-refractivity contribution in [3.8, 4) is 0 Å². The Labute approximate surface area is 145 Å². The lowest BCUT2D eigenvalue weighted by molar-refractivity contribution is 0.0594. The maximum absolute atomic E-state index is 11.5. The second-order valence-electron chi connectivity index (χ2n) is 3.78. The number of aromatic nitrogens is 1. The Morgan fingerprint density at radius 2 is 1.90 bits per heavy atom. The highest BCUT2D eigenvalue weighted by Crippen LogP contribution is 2.37. The van der Waals surface area contributed by atoms with E-state index in [0.29, 0.717) is 10.8 Å². The average Bonchev–Trinajstić information content (AvgIpc) is 2.74. The number of ether oxygens (including phenoxy) is 1. The van der Waals surface area contributed by atoms with Gasteiger partial charge in [-0.1, -0.05) is 15.9 Å². The zero-order chi connectivity index (χ0) is 14.9. The zero-order valence-electron chi connectivity index (χ0n) is 10.5. The highest BCUT2D eigenvalue weighted by molar-refractivity contribution is 9.11. The predicted molar refractivity (Wildman–Crippen MR) is 91.0 cm³/mol. The lowest BCUT2D eigenvalue weighted by Crippen LogP contribution is -2.03. The molecule has 20 heavy (non-hydrogen) atoms. The molecule has 0 atom stereocenters. The minimum Gasteiger partial charge on any atom is -0.464 e. The minimum absolute atomic E-state index is 0.337. The average molecular weight is 485 g/mol. The van der Waals surface area contributed by atoms with Crippen molar-refractivity contribution >= 4 is 75.9 Å². The molecule has 0 unspecified atom stereocenters. The van der Waals surface area contributed by atoms with Gasteiger partial charge in [0.1, 0.15) is 0 Å². The number of nitrogens with zero attached hydrogens (tertiary/aromatic N) is 1. The SMILES string of the molecule is COC(=O)c1nc(Nc2c(Br)cc(Br)cc2Br)sc1C.